The molecule has 0 aliphatic carbocycles. The summed E-state index contributed by atoms with van der Waals surface area (Å²) in [6.07, 6.45) is -8.85. The quantitative estimate of drug-likeness (QED) is 0.696. The molecule has 0 radical (unpaired) electrons. The van der Waals surface area contributed by atoms with Crippen LogP contribution in [-0.4, -0.2) is 72.5 Å². The van der Waals surface area contributed by atoms with Crippen molar-refractivity contribution in [2.75, 3.05) is 20.8 Å². The van der Waals surface area contributed by atoms with Crippen LogP contribution in [0.3, 0.4) is 0 Å². The highest BCUT2D eigenvalue weighted by Gasteiger charge is 2.51. The van der Waals surface area contributed by atoms with Crippen molar-refractivity contribution >= 4 is 5.91 Å². The van der Waals surface area contributed by atoms with Gasteiger partial charge in [-0.25, -0.2) is 0 Å². The Hall–Kier alpha value is -0.900. The van der Waals surface area contributed by atoms with E-state index in [0.29, 0.717) is 4.90 Å². The number of methoxy groups -OCH3 is 1. The number of aliphatic hydroxyl groups excluding tert-OH is 2. The minimum Gasteiger partial charge on any atom is -0.394 e. The number of alkyl halides is 3. The van der Waals surface area contributed by atoms with Gasteiger partial charge in [-0.15, -0.1) is 0 Å². The normalized spacial score (nSPS) is 32.6. The largest absolute Gasteiger partial charge is 0.471 e. The lowest BCUT2D eigenvalue weighted by atomic mass is 10.1. The lowest BCUT2D eigenvalue weighted by molar-refractivity contribution is -0.188. The van der Waals surface area contributed by atoms with Gasteiger partial charge in [-0.3, -0.25) is 4.79 Å². The van der Waals surface area contributed by atoms with Gasteiger partial charge in [0.15, 0.2) is 6.29 Å². The summed E-state index contributed by atoms with van der Waals surface area (Å²) in [6, 6.07) is -1.32. The number of hydrogen-bond acceptors (Lipinski definition) is 5. The number of likely N-dealkylation sites (N-methyl/N-ethyl adjacent to an activating group) is 1. The molecule has 0 bridgehead atoms. The first-order valence-electron chi connectivity index (χ1n) is 5.05. The fourth-order valence-corrected chi connectivity index (χ4v) is 1.87. The summed E-state index contributed by atoms with van der Waals surface area (Å²) in [7, 11) is 2.07. The topological polar surface area (TPSA) is 79.2 Å². The molecule has 1 heterocycles. The standard InChI is InChI=1S/C9H14F3NO5/c1-13(8(16)9(10,11)12)5-4(3-14)18-7(17-2)6(5)15/h4-7,14-15H,3H2,1-2H3/t4-,5+,6-,7+/m1/s1. The van der Waals surface area contributed by atoms with Gasteiger partial charge in [-0.1, -0.05) is 0 Å². The summed E-state index contributed by atoms with van der Waals surface area (Å²) < 4.78 is 46.5. The first-order valence-corrected chi connectivity index (χ1v) is 5.05. The number of hydrogen-bond donors (Lipinski definition) is 2. The molecule has 1 rings (SSSR count). The fourth-order valence-electron chi connectivity index (χ4n) is 1.87. The highest BCUT2D eigenvalue weighted by atomic mass is 19.4. The molecule has 6 nitrogen and oxygen atoms in total. The molecule has 0 saturated carbocycles. The van der Waals surface area contributed by atoms with E-state index in [4.69, 9.17) is 14.6 Å². The van der Waals surface area contributed by atoms with E-state index in [2.05, 4.69) is 0 Å². The molecule has 1 aliphatic rings. The van der Waals surface area contributed by atoms with Gasteiger partial charge in [0.1, 0.15) is 12.2 Å². The average molecular weight is 273 g/mol. The van der Waals surface area contributed by atoms with Crippen LogP contribution in [0.1, 0.15) is 0 Å². The Labute approximate surface area is 101 Å². The van der Waals surface area contributed by atoms with Gasteiger partial charge >= 0.3 is 12.1 Å². The second-order valence-electron chi connectivity index (χ2n) is 3.86. The Morgan fingerprint density at radius 1 is 1.50 bits per heavy atom. The molecule has 18 heavy (non-hydrogen) atoms. The van der Waals surface area contributed by atoms with Crippen LogP contribution < -0.4 is 0 Å². The predicted molar refractivity (Wildman–Crippen MR) is 51.4 cm³/mol. The molecular weight excluding hydrogens is 259 g/mol. The molecule has 1 aliphatic heterocycles. The number of carbonyl (C=O) groups excluding carboxylic acids is 1. The van der Waals surface area contributed by atoms with Crippen LogP contribution in [0.5, 0.6) is 0 Å². The summed E-state index contributed by atoms with van der Waals surface area (Å²) >= 11 is 0. The molecule has 1 saturated heterocycles. The van der Waals surface area contributed by atoms with Crippen LogP contribution in [0.4, 0.5) is 13.2 Å². The minimum atomic E-state index is -5.06. The zero-order valence-electron chi connectivity index (χ0n) is 9.72. The van der Waals surface area contributed by atoms with Crippen molar-refractivity contribution in [2.45, 2.75) is 30.7 Å². The minimum absolute atomic E-state index is 0.310. The van der Waals surface area contributed by atoms with Crippen molar-refractivity contribution in [3.8, 4) is 0 Å². The van der Waals surface area contributed by atoms with Crippen LogP contribution in [0.2, 0.25) is 0 Å². The monoisotopic (exact) mass is 273 g/mol. The summed E-state index contributed by atoms with van der Waals surface area (Å²) in [6.45, 7) is -0.642. The van der Waals surface area contributed by atoms with Crippen molar-refractivity contribution in [1.82, 2.24) is 4.90 Å². The SMILES string of the molecule is CO[C@H]1O[C@H](CO)[C@H](N(C)C(=O)C(F)(F)F)[C@H]1O. The van der Waals surface area contributed by atoms with E-state index >= 15 is 0 Å². The average Bonchev–Trinajstić information content (AvgIpc) is 2.62. The maximum atomic E-state index is 12.3. The van der Waals surface area contributed by atoms with Crippen LogP contribution in [0, 0.1) is 0 Å². The van der Waals surface area contributed by atoms with Crippen LogP contribution >= 0.6 is 0 Å². The number of ether oxygens (including phenoxy) is 2. The van der Waals surface area contributed by atoms with Crippen LogP contribution in [0.15, 0.2) is 0 Å². The zero-order chi connectivity index (χ0) is 14.1. The van der Waals surface area contributed by atoms with Gasteiger partial charge in [0.05, 0.1) is 12.6 Å². The predicted octanol–water partition coefficient (Wildman–Crippen LogP) is -0.900. The third-order valence-corrected chi connectivity index (χ3v) is 2.74. The number of rotatable bonds is 3. The Morgan fingerprint density at radius 2 is 2.06 bits per heavy atom. The van der Waals surface area contributed by atoms with Crippen LogP contribution in [-0.2, 0) is 14.3 Å². The molecule has 0 aromatic carbocycles. The summed E-state index contributed by atoms with van der Waals surface area (Å²) in [5, 5.41) is 18.7. The van der Waals surface area contributed by atoms with E-state index in [0.717, 1.165) is 7.05 Å². The Balaban J connectivity index is 2.89. The smallest absolute Gasteiger partial charge is 0.394 e. The van der Waals surface area contributed by atoms with E-state index in [-0.39, 0.29) is 0 Å². The molecule has 106 valence electrons. The molecule has 9 heteroatoms. The highest BCUT2D eigenvalue weighted by molar-refractivity contribution is 5.82. The Kier molecular flexibility index (Phi) is 4.54. The zero-order valence-corrected chi connectivity index (χ0v) is 9.72. The van der Waals surface area contributed by atoms with E-state index in [1.54, 1.807) is 0 Å². The maximum absolute atomic E-state index is 12.3. The van der Waals surface area contributed by atoms with E-state index in [9.17, 15) is 23.1 Å². The molecular formula is C9H14F3NO5. The lowest BCUT2D eigenvalue weighted by Crippen LogP contribution is -2.53. The molecule has 4 atom stereocenters. The third kappa shape index (κ3) is 2.74. The second kappa shape index (κ2) is 5.39. The number of nitrogens with zero attached hydrogens (tertiary/aromatic N) is 1. The Morgan fingerprint density at radius 3 is 2.44 bits per heavy atom. The maximum Gasteiger partial charge on any atom is 0.471 e. The first-order chi connectivity index (χ1) is 8.23. The van der Waals surface area contributed by atoms with Crippen molar-refractivity contribution in [3.05, 3.63) is 0 Å². The third-order valence-electron chi connectivity index (χ3n) is 2.74. The molecule has 1 amide bonds. The fraction of sp³-hybridized carbons (Fsp3) is 0.889. The van der Waals surface area contributed by atoms with Crippen molar-refractivity contribution in [3.63, 3.8) is 0 Å². The second-order valence-corrected chi connectivity index (χ2v) is 3.86. The highest BCUT2D eigenvalue weighted by Crippen LogP contribution is 2.28. The van der Waals surface area contributed by atoms with Gasteiger partial charge < -0.3 is 24.6 Å². The first kappa shape index (κ1) is 15.2. The summed E-state index contributed by atoms with van der Waals surface area (Å²) in [5.74, 6) is -2.12. The Bertz CT molecular complexity index is 309. The van der Waals surface area contributed by atoms with E-state index < -0.39 is 43.2 Å². The van der Waals surface area contributed by atoms with Gasteiger partial charge in [0.25, 0.3) is 0 Å². The molecule has 0 aromatic heterocycles. The molecule has 2 N–H and O–H groups in total. The van der Waals surface area contributed by atoms with Crippen molar-refractivity contribution in [2.24, 2.45) is 0 Å². The number of aliphatic hydroxyl groups is 2. The van der Waals surface area contributed by atoms with Crippen molar-refractivity contribution in [1.29, 1.82) is 0 Å². The number of halogens is 3. The molecule has 0 aromatic rings. The van der Waals surface area contributed by atoms with Crippen molar-refractivity contribution < 1.29 is 37.7 Å². The lowest BCUT2D eigenvalue weighted by Gasteiger charge is -2.29. The van der Waals surface area contributed by atoms with Gasteiger partial charge in [-0.05, 0) is 0 Å². The van der Waals surface area contributed by atoms with Gasteiger partial charge in [-0.2, -0.15) is 13.2 Å². The summed E-state index contributed by atoms with van der Waals surface area (Å²) in [4.78, 5) is 11.4. The van der Waals surface area contributed by atoms with E-state index in [1.807, 2.05) is 0 Å². The number of carbonyl (C=O) groups is 1. The summed E-state index contributed by atoms with van der Waals surface area (Å²) in [5.41, 5.74) is 0. The van der Waals surface area contributed by atoms with Gasteiger partial charge in [0, 0.05) is 14.2 Å². The van der Waals surface area contributed by atoms with Crippen LogP contribution in [0.25, 0.3) is 0 Å². The molecule has 0 unspecified atom stereocenters. The molecule has 1 fully saturated rings. The van der Waals surface area contributed by atoms with Gasteiger partial charge in [0.2, 0.25) is 0 Å². The van der Waals surface area contributed by atoms with E-state index in [1.165, 1.54) is 7.11 Å². The number of amides is 1. The molecule has 0 spiro atoms.